The average molecular weight is 223 g/mol. The Kier molecular flexibility index (Phi) is 2.43. The molecule has 1 aromatic carbocycles. The highest BCUT2D eigenvalue weighted by molar-refractivity contribution is 6.00. The summed E-state index contributed by atoms with van der Waals surface area (Å²) in [5.41, 5.74) is 3.07. The first-order chi connectivity index (χ1) is 7.72. The third-order valence-electron chi connectivity index (χ3n) is 2.45. The molecule has 0 aliphatic heterocycles. The molecular formula is C9H13N5O2. The highest BCUT2D eigenvalue weighted by atomic mass is 16.8. The predicted octanol–water partition coefficient (Wildman–Crippen LogP) is 0.586. The Morgan fingerprint density at radius 1 is 1.19 bits per heavy atom. The van der Waals surface area contributed by atoms with Crippen molar-refractivity contribution in [1.29, 1.82) is 0 Å². The molecule has 1 heterocycles. The van der Waals surface area contributed by atoms with E-state index in [0.29, 0.717) is 21.6 Å². The van der Waals surface area contributed by atoms with Crippen LogP contribution >= 0.6 is 0 Å². The second kappa shape index (κ2) is 3.76. The van der Waals surface area contributed by atoms with Gasteiger partial charge in [-0.15, -0.1) is 0 Å². The van der Waals surface area contributed by atoms with Gasteiger partial charge >= 0.3 is 0 Å². The Labute approximate surface area is 92.0 Å². The summed E-state index contributed by atoms with van der Waals surface area (Å²) < 4.78 is 4.60. The summed E-state index contributed by atoms with van der Waals surface area (Å²) in [5.74, 6) is 0. The topological polar surface area (TPSA) is 89.1 Å². The van der Waals surface area contributed by atoms with Crippen LogP contribution in [-0.4, -0.2) is 26.3 Å². The minimum absolute atomic E-state index is 0.374. The SMILES string of the molecule is CNc1cc(NC)c2no[n+]([O-])c2c1NC. The lowest BCUT2D eigenvalue weighted by Crippen LogP contribution is -2.24. The summed E-state index contributed by atoms with van der Waals surface area (Å²) in [6.07, 6.45) is 0. The molecule has 2 aromatic rings. The van der Waals surface area contributed by atoms with Gasteiger partial charge in [0.05, 0.1) is 11.4 Å². The molecular weight excluding hydrogens is 210 g/mol. The molecule has 7 nitrogen and oxygen atoms in total. The number of anilines is 3. The predicted molar refractivity (Wildman–Crippen MR) is 61.6 cm³/mol. The lowest BCUT2D eigenvalue weighted by Gasteiger charge is -2.09. The second-order valence-electron chi connectivity index (χ2n) is 3.22. The normalized spacial score (nSPS) is 10.4. The Balaban J connectivity index is 2.86. The van der Waals surface area contributed by atoms with Gasteiger partial charge in [0, 0.05) is 26.3 Å². The molecule has 0 aliphatic rings. The van der Waals surface area contributed by atoms with Crippen molar-refractivity contribution in [2.24, 2.45) is 0 Å². The highest BCUT2D eigenvalue weighted by Crippen LogP contribution is 2.33. The van der Waals surface area contributed by atoms with Crippen molar-refractivity contribution in [2.75, 3.05) is 37.1 Å². The monoisotopic (exact) mass is 223 g/mol. The zero-order chi connectivity index (χ0) is 11.7. The Morgan fingerprint density at radius 3 is 2.44 bits per heavy atom. The van der Waals surface area contributed by atoms with Crippen LogP contribution in [0, 0.1) is 5.21 Å². The molecule has 0 fully saturated rings. The summed E-state index contributed by atoms with van der Waals surface area (Å²) in [5, 5.41) is 24.1. The fourth-order valence-electron chi connectivity index (χ4n) is 1.69. The molecule has 86 valence electrons. The maximum atomic E-state index is 11.5. The Bertz CT molecular complexity index is 522. The molecule has 0 atom stereocenters. The van der Waals surface area contributed by atoms with Crippen LogP contribution in [0.15, 0.2) is 10.7 Å². The maximum Gasteiger partial charge on any atom is 0.273 e. The molecule has 0 amide bonds. The minimum Gasteiger partial charge on any atom is -0.386 e. The highest BCUT2D eigenvalue weighted by Gasteiger charge is 2.21. The molecule has 0 bridgehead atoms. The van der Waals surface area contributed by atoms with Gasteiger partial charge in [0.1, 0.15) is 5.69 Å². The van der Waals surface area contributed by atoms with Crippen molar-refractivity contribution in [3.63, 3.8) is 0 Å². The van der Waals surface area contributed by atoms with Gasteiger partial charge in [-0.25, -0.2) is 0 Å². The van der Waals surface area contributed by atoms with Gasteiger partial charge in [-0.2, -0.15) is 0 Å². The summed E-state index contributed by atoms with van der Waals surface area (Å²) in [4.78, 5) is 0.392. The minimum atomic E-state index is 0.374. The molecule has 7 heteroatoms. The third kappa shape index (κ3) is 1.28. The quantitative estimate of drug-likeness (QED) is 0.660. The van der Waals surface area contributed by atoms with Crippen LogP contribution in [0.25, 0.3) is 11.0 Å². The van der Waals surface area contributed by atoms with Crippen molar-refractivity contribution in [3.8, 4) is 0 Å². The van der Waals surface area contributed by atoms with Crippen LogP contribution in [0.1, 0.15) is 0 Å². The molecule has 0 saturated carbocycles. The number of nitrogens with one attached hydrogen (secondary N) is 3. The smallest absolute Gasteiger partial charge is 0.273 e. The van der Waals surface area contributed by atoms with Gasteiger partial charge in [0.2, 0.25) is 0 Å². The number of hydrogen-bond acceptors (Lipinski definition) is 6. The Morgan fingerprint density at radius 2 is 1.88 bits per heavy atom. The number of fused-ring (bicyclic) bond motifs is 1. The van der Waals surface area contributed by atoms with Crippen LogP contribution in [0.3, 0.4) is 0 Å². The summed E-state index contributed by atoms with van der Waals surface area (Å²) >= 11 is 0. The summed E-state index contributed by atoms with van der Waals surface area (Å²) in [6, 6.07) is 1.86. The fraction of sp³-hybridized carbons (Fsp3) is 0.333. The van der Waals surface area contributed by atoms with E-state index in [4.69, 9.17) is 0 Å². The zero-order valence-corrected chi connectivity index (χ0v) is 9.29. The molecule has 3 N–H and O–H groups in total. The molecule has 2 rings (SSSR count). The summed E-state index contributed by atoms with van der Waals surface area (Å²) in [6.45, 7) is 0. The van der Waals surface area contributed by atoms with E-state index in [9.17, 15) is 5.21 Å². The van der Waals surface area contributed by atoms with Crippen LogP contribution in [-0.2, 0) is 0 Å². The van der Waals surface area contributed by atoms with Gasteiger partial charge in [0.15, 0.2) is 0 Å². The molecule has 0 unspecified atom stereocenters. The molecule has 1 aromatic heterocycles. The first-order valence-corrected chi connectivity index (χ1v) is 4.82. The lowest BCUT2D eigenvalue weighted by atomic mass is 10.2. The average Bonchev–Trinajstić information content (AvgIpc) is 2.70. The molecule has 0 saturated heterocycles. The van der Waals surface area contributed by atoms with Crippen LogP contribution in [0.2, 0.25) is 0 Å². The van der Waals surface area contributed by atoms with Crippen molar-refractivity contribution < 1.29 is 9.53 Å². The maximum absolute atomic E-state index is 11.5. The van der Waals surface area contributed by atoms with Gasteiger partial charge < -0.3 is 21.2 Å². The number of nitrogens with zero attached hydrogens (tertiary/aromatic N) is 2. The van der Waals surface area contributed by atoms with Crippen LogP contribution in [0.4, 0.5) is 17.1 Å². The van der Waals surface area contributed by atoms with Gasteiger partial charge in [-0.3, -0.25) is 4.63 Å². The third-order valence-corrected chi connectivity index (χ3v) is 2.45. The van der Waals surface area contributed by atoms with E-state index in [1.807, 2.05) is 6.07 Å². The van der Waals surface area contributed by atoms with E-state index in [1.165, 1.54) is 0 Å². The van der Waals surface area contributed by atoms with E-state index in [-0.39, 0.29) is 0 Å². The van der Waals surface area contributed by atoms with E-state index in [2.05, 4.69) is 25.7 Å². The van der Waals surface area contributed by atoms with Gasteiger partial charge in [0.25, 0.3) is 11.0 Å². The van der Waals surface area contributed by atoms with Crippen molar-refractivity contribution >= 4 is 28.1 Å². The first kappa shape index (κ1) is 10.3. The first-order valence-electron chi connectivity index (χ1n) is 4.82. The largest absolute Gasteiger partial charge is 0.386 e. The van der Waals surface area contributed by atoms with E-state index in [1.54, 1.807) is 21.1 Å². The molecule has 0 spiro atoms. The fourth-order valence-corrected chi connectivity index (χ4v) is 1.69. The Hall–Kier alpha value is -2.18. The van der Waals surface area contributed by atoms with E-state index < -0.39 is 0 Å². The molecule has 0 radical (unpaired) electrons. The number of benzene rings is 1. The lowest BCUT2D eigenvalue weighted by molar-refractivity contribution is -0.781. The van der Waals surface area contributed by atoms with Crippen LogP contribution in [0.5, 0.6) is 0 Å². The van der Waals surface area contributed by atoms with Gasteiger partial charge in [-0.1, -0.05) is 0 Å². The van der Waals surface area contributed by atoms with E-state index >= 15 is 0 Å². The van der Waals surface area contributed by atoms with Crippen molar-refractivity contribution in [2.45, 2.75) is 0 Å². The second-order valence-corrected chi connectivity index (χ2v) is 3.22. The number of aromatic nitrogens is 2. The standard InChI is InChI=1S/C9H13N5O2/c1-10-5-4-6(11-2)8-9(7(5)12-3)14(15)16-13-8/h4,10-12H,1-3H3. The number of hydrogen-bond donors (Lipinski definition) is 3. The molecule has 16 heavy (non-hydrogen) atoms. The van der Waals surface area contributed by atoms with Crippen LogP contribution < -0.4 is 20.9 Å². The van der Waals surface area contributed by atoms with Gasteiger partial charge in [-0.05, 0) is 11.0 Å². The molecule has 0 aliphatic carbocycles. The zero-order valence-electron chi connectivity index (χ0n) is 9.29. The summed E-state index contributed by atoms with van der Waals surface area (Å²) in [7, 11) is 5.28. The van der Waals surface area contributed by atoms with Crippen molar-refractivity contribution in [1.82, 2.24) is 5.16 Å². The van der Waals surface area contributed by atoms with E-state index in [0.717, 1.165) is 11.4 Å². The van der Waals surface area contributed by atoms with Crippen molar-refractivity contribution in [3.05, 3.63) is 11.3 Å². The number of rotatable bonds is 3.